The van der Waals surface area contributed by atoms with Crippen LogP contribution in [0.1, 0.15) is 18.1 Å². The van der Waals surface area contributed by atoms with Gasteiger partial charge >= 0.3 is 0 Å². The van der Waals surface area contributed by atoms with E-state index in [1.165, 1.54) is 0 Å². The average molecular weight is 297 g/mol. The Morgan fingerprint density at radius 2 is 1.76 bits per heavy atom. The summed E-state index contributed by atoms with van der Waals surface area (Å²) in [6.45, 7) is 2.49. The summed E-state index contributed by atoms with van der Waals surface area (Å²) in [5.41, 5.74) is 2.10. The number of aliphatic imine (C=N–C) groups is 1. The quantitative estimate of drug-likeness (QED) is 0.881. The van der Waals surface area contributed by atoms with E-state index in [-0.39, 0.29) is 5.76 Å². The van der Waals surface area contributed by atoms with Gasteiger partial charge in [0, 0.05) is 17.7 Å². The van der Waals surface area contributed by atoms with Crippen LogP contribution in [0.3, 0.4) is 0 Å². The number of aliphatic hydroxyl groups is 1. The molecule has 0 radical (unpaired) electrons. The molecule has 1 heterocycles. The molecule has 0 spiro atoms. The van der Waals surface area contributed by atoms with E-state index in [2.05, 4.69) is 4.99 Å². The number of allylic oxidation sites excluding steroid dienone is 1. The zero-order valence-electron chi connectivity index (χ0n) is 11.6. The summed E-state index contributed by atoms with van der Waals surface area (Å²) in [7, 11) is -1.40. The summed E-state index contributed by atoms with van der Waals surface area (Å²) in [6.07, 6.45) is 0. The first-order chi connectivity index (χ1) is 10.2. The third-order valence-electron chi connectivity index (χ3n) is 3.32. The molecule has 4 heteroatoms. The van der Waals surface area contributed by atoms with Gasteiger partial charge in [0.05, 0.1) is 21.4 Å². The van der Waals surface area contributed by atoms with Gasteiger partial charge < -0.3 is 5.11 Å². The Hall–Kier alpha value is -2.20. The van der Waals surface area contributed by atoms with Crippen LogP contribution >= 0.6 is 0 Å². The van der Waals surface area contributed by atoms with Crippen molar-refractivity contribution in [2.75, 3.05) is 6.54 Å². The van der Waals surface area contributed by atoms with Crippen molar-refractivity contribution < 1.29 is 9.32 Å². The largest absolute Gasteiger partial charge is 0.506 e. The molecule has 0 fully saturated rings. The fraction of sp³-hybridized carbons (Fsp3) is 0.118. The molecular weight excluding hydrogens is 282 g/mol. The molecule has 3 rings (SSSR count). The lowest BCUT2D eigenvalue weighted by Crippen LogP contribution is -2.09. The molecule has 1 aliphatic heterocycles. The molecule has 2 aromatic carbocycles. The number of hydrogen-bond acceptors (Lipinski definition) is 3. The van der Waals surface area contributed by atoms with Crippen molar-refractivity contribution >= 4 is 22.3 Å². The van der Waals surface area contributed by atoms with Gasteiger partial charge in [-0.05, 0) is 19.1 Å². The van der Waals surface area contributed by atoms with Crippen molar-refractivity contribution in [2.24, 2.45) is 4.99 Å². The minimum atomic E-state index is -1.40. The second-order valence-electron chi connectivity index (χ2n) is 4.63. The van der Waals surface area contributed by atoms with Crippen LogP contribution in [-0.4, -0.2) is 21.6 Å². The van der Waals surface area contributed by atoms with Crippen molar-refractivity contribution in [3.8, 4) is 0 Å². The van der Waals surface area contributed by atoms with Crippen LogP contribution < -0.4 is 0 Å². The van der Waals surface area contributed by atoms with E-state index in [1.54, 1.807) is 12.1 Å². The zero-order chi connectivity index (χ0) is 14.8. The second-order valence-corrected chi connectivity index (χ2v) is 6.02. The Balaban J connectivity index is 2.17. The minimum Gasteiger partial charge on any atom is -0.506 e. The molecule has 1 aliphatic rings. The predicted octanol–water partition coefficient (Wildman–Crippen LogP) is 3.54. The first kappa shape index (κ1) is 13.8. The van der Waals surface area contributed by atoms with Gasteiger partial charge in [-0.15, -0.1) is 0 Å². The fourth-order valence-electron chi connectivity index (χ4n) is 2.39. The standard InChI is InChI=1S/C17H15NO2S/c1-2-18-15(12-8-4-3-5-9-12)17-16(19)13-10-6-7-11-14(13)21(17)20/h3-11,19H,2H2,1H3. The summed E-state index contributed by atoms with van der Waals surface area (Å²) in [4.78, 5) is 5.52. The van der Waals surface area contributed by atoms with Gasteiger partial charge in [-0.1, -0.05) is 42.5 Å². The van der Waals surface area contributed by atoms with Crippen molar-refractivity contribution in [1.82, 2.24) is 0 Å². The molecule has 1 unspecified atom stereocenters. The van der Waals surface area contributed by atoms with Gasteiger partial charge in [-0.25, -0.2) is 4.21 Å². The predicted molar refractivity (Wildman–Crippen MR) is 85.9 cm³/mol. The molecule has 1 atom stereocenters. The zero-order valence-corrected chi connectivity index (χ0v) is 12.4. The van der Waals surface area contributed by atoms with E-state index >= 15 is 0 Å². The lowest BCUT2D eigenvalue weighted by molar-refractivity contribution is 0.511. The summed E-state index contributed by atoms with van der Waals surface area (Å²) in [5, 5.41) is 10.5. The number of hydrogen-bond donors (Lipinski definition) is 1. The Morgan fingerprint density at radius 1 is 1.10 bits per heavy atom. The van der Waals surface area contributed by atoms with Crippen LogP contribution in [-0.2, 0) is 10.8 Å². The van der Waals surface area contributed by atoms with Gasteiger partial charge in [0.1, 0.15) is 10.7 Å². The van der Waals surface area contributed by atoms with E-state index in [9.17, 15) is 9.32 Å². The third kappa shape index (κ3) is 2.32. The SMILES string of the molecule is CCN=C(C1=C(O)c2ccccc2S1=O)c1ccccc1. The lowest BCUT2D eigenvalue weighted by Gasteiger charge is -2.08. The lowest BCUT2D eigenvalue weighted by atomic mass is 10.1. The number of nitrogens with zero attached hydrogens (tertiary/aromatic N) is 1. The molecule has 3 nitrogen and oxygen atoms in total. The normalized spacial score (nSPS) is 18.0. The van der Waals surface area contributed by atoms with Crippen LogP contribution in [0.2, 0.25) is 0 Å². The van der Waals surface area contributed by atoms with E-state index in [0.717, 1.165) is 5.56 Å². The molecule has 106 valence electrons. The molecule has 0 bridgehead atoms. The first-order valence-corrected chi connectivity index (χ1v) is 7.93. The summed E-state index contributed by atoms with van der Waals surface area (Å²) >= 11 is 0. The molecule has 0 aromatic heterocycles. The number of fused-ring (bicyclic) bond motifs is 1. The molecular formula is C17H15NO2S. The number of rotatable bonds is 3. The molecule has 0 saturated heterocycles. The maximum absolute atomic E-state index is 12.7. The number of aliphatic hydroxyl groups excluding tert-OH is 1. The Morgan fingerprint density at radius 3 is 2.43 bits per heavy atom. The van der Waals surface area contributed by atoms with Crippen LogP contribution in [0, 0.1) is 0 Å². The average Bonchev–Trinajstić information content (AvgIpc) is 2.78. The highest BCUT2D eigenvalue weighted by Gasteiger charge is 2.31. The molecule has 21 heavy (non-hydrogen) atoms. The summed E-state index contributed by atoms with van der Waals surface area (Å²) in [6, 6.07) is 16.8. The topological polar surface area (TPSA) is 49.7 Å². The summed E-state index contributed by atoms with van der Waals surface area (Å²) in [5.74, 6) is 0.0694. The monoisotopic (exact) mass is 297 g/mol. The highest BCUT2D eigenvalue weighted by Crippen LogP contribution is 2.36. The smallest absolute Gasteiger partial charge is 0.142 e. The fourth-order valence-corrected chi connectivity index (χ4v) is 3.82. The molecule has 0 amide bonds. The highest BCUT2D eigenvalue weighted by atomic mass is 32.2. The van der Waals surface area contributed by atoms with Crippen molar-refractivity contribution in [1.29, 1.82) is 0 Å². The van der Waals surface area contributed by atoms with Crippen molar-refractivity contribution in [2.45, 2.75) is 11.8 Å². The maximum Gasteiger partial charge on any atom is 0.142 e. The van der Waals surface area contributed by atoms with Crippen molar-refractivity contribution in [3.05, 3.63) is 70.6 Å². The second kappa shape index (κ2) is 5.66. The van der Waals surface area contributed by atoms with E-state index in [1.807, 2.05) is 49.4 Å². The maximum atomic E-state index is 12.7. The van der Waals surface area contributed by atoms with E-state index < -0.39 is 10.8 Å². The summed E-state index contributed by atoms with van der Waals surface area (Å²) < 4.78 is 12.7. The Kier molecular flexibility index (Phi) is 3.71. The molecule has 2 aromatic rings. The van der Waals surface area contributed by atoms with Crippen LogP contribution in [0.25, 0.3) is 5.76 Å². The van der Waals surface area contributed by atoms with E-state index in [0.29, 0.717) is 27.6 Å². The molecule has 0 saturated carbocycles. The highest BCUT2D eigenvalue weighted by molar-refractivity contribution is 7.90. The van der Waals surface area contributed by atoms with Crippen LogP contribution in [0.5, 0.6) is 0 Å². The Bertz CT molecular complexity index is 763. The molecule has 1 N–H and O–H groups in total. The third-order valence-corrected chi connectivity index (χ3v) is 4.83. The Labute approximate surface area is 126 Å². The first-order valence-electron chi connectivity index (χ1n) is 6.78. The minimum absolute atomic E-state index is 0.0694. The van der Waals surface area contributed by atoms with Crippen LogP contribution in [0.4, 0.5) is 0 Å². The van der Waals surface area contributed by atoms with Gasteiger partial charge in [0.2, 0.25) is 0 Å². The van der Waals surface area contributed by atoms with E-state index in [4.69, 9.17) is 0 Å². The van der Waals surface area contributed by atoms with Crippen molar-refractivity contribution in [3.63, 3.8) is 0 Å². The molecule has 0 aliphatic carbocycles. The van der Waals surface area contributed by atoms with Gasteiger partial charge in [-0.2, -0.15) is 0 Å². The van der Waals surface area contributed by atoms with Gasteiger partial charge in [0.15, 0.2) is 0 Å². The van der Waals surface area contributed by atoms with Gasteiger partial charge in [0.25, 0.3) is 0 Å². The number of benzene rings is 2. The van der Waals surface area contributed by atoms with Crippen LogP contribution in [0.15, 0.2) is 69.4 Å². The van der Waals surface area contributed by atoms with Gasteiger partial charge in [-0.3, -0.25) is 4.99 Å².